The fourth-order valence-electron chi connectivity index (χ4n) is 2.30. The van der Waals surface area contributed by atoms with Crippen LogP contribution >= 0.6 is 0 Å². The minimum Gasteiger partial charge on any atom is -0.478 e. The number of carboxylic acids is 1. The molecule has 1 fully saturated rings. The van der Waals surface area contributed by atoms with E-state index in [0.29, 0.717) is 13.1 Å². The first-order valence-electron chi connectivity index (χ1n) is 6.23. The minimum absolute atomic E-state index is 0.177. The van der Waals surface area contributed by atoms with Gasteiger partial charge in [-0.05, 0) is 24.6 Å². The van der Waals surface area contributed by atoms with Crippen LogP contribution in [0.5, 0.6) is 0 Å². The normalized spacial score (nSPS) is 18.5. The van der Waals surface area contributed by atoms with Gasteiger partial charge in [-0.2, -0.15) is 0 Å². The zero-order valence-corrected chi connectivity index (χ0v) is 10.4. The fraction of sp³-hybridized carbons (Fsp3) is 0.385. The average Bonchev–Trinajstić information content (AvgIpc) is 2.70. The molecule has 0 radical (unpaired) electrons. The van der Waals surface area contributed by atoms with Crippen LogP contribution in [0.2, 0.25) is 0 Å². The van der Waals surface area contributed by atoms with Crippen molar-refractivity contribution in [2.45, 2.75) is 25.6 Å². The smallest absolute Gasteiger partial charge is 0.335 e. The molecule has 0 bridgehead atoms. The summed E-state index contributed by atoms with van der Waals surface area (Å²) in [6, 6.07) is 4.92. The Morgan fingerprint density at radius 3 is 2.95 bits per heavy atom. The number of ether oxygens (including phenoxy) is 1. The number of rotatable bonds is 4. The molecule has 3 rings (SSSR count). The summed E-state index contributed by atoms with van der Waals surface area (Å²) >= 11 is 0. The van der Waals surface area contributed by atoms with E-state index in [2.05, 4.69) is 4.98 Å². The molecule has 1 aromatic carbocycles. The Labute approximate surface area is 109 Å². The van der Waals surface area contributed by atoms with Gasteiger partial charge in [-0.3, -0.25) is 0 Å². The lowest BCUT2D eigenvalue weighted by Crippen LogP contribution is -2.32. The number of aromatic carboxylic acids is 1. The maximum Gasteiger partial charge on any atom is 0.335 e. The van der Waals surface area contributed by atoms with Crippen molar-refractivity contribution in [3.05, 3.63) is 29.6 Å². The van der Waals surface area contributed by atoms with Crippen molar-refractivity contribution in [3.63, 3.8) is 0 Å². The van der Waals surface area contributed by atoms with Crippen molar-refractivity contribution >= 4 is 17.0 Å². The predicted molar refractivity (Wildman–Crippen MR) is 68.9 cm³/mol. The molecule has 6 heteroatoms. The molecule has 0 unspecified atom stereocenters. The highest BCUT2D eigenvalue weighted by molar-refractivity contribution is 5.92. The maximum absolute atomic E-state index is 11.0. The number of imidazole rings is 1. The summed E-state index contributed by atoms with van der Waals surface area (Å²) < 4.78 is 7.39. The molecule has 3 N–H and O–H groups in total. The summed E-state index contributed by atoms with van der Waals surface area (Å²) in [5, 5.41) is 9.06. The quantitative estimate of drug-likeness (QED) is 0.856. The first-order chi connectivity index (χ1) is 9.19. The van der Waals surface area contributed by atoms with Crippen LogP contribution in [0.3, 0.4) is 0 Å². The summed E-state index contributed by atoms with van der Waals surface area (Å²) in [4.78, 5) is 15.5. The molecule has 1 aliphatic rings. The van der Waals surface area contributed by atoms with E-state index in [0.717, 1.165) is 29.9 Å². The molecule has 1 aliphatic heterocycles. The van der Waals surface area contributed by atoms with Crippen molar-refractivity contribution in [2.24, 2.45) is 5.73 Å². The topological polar surface area (TPSA) is 90.4 Å². The highest BCUT2D eigenvalue weighted by atomic mass is 16.5. The lowest BCUT2D eigenvalue weighted by Gasteiger charge is -2.27. The molecule has 19 heavy (non-hydrogen) atoms. The summed E-state index contributed by atoms with van der Waals surface area (Å²) in [5.74, 6) is -0.183. The Morgan fingerprint density at radius 2 is 2.37 bits per heavy atom. The van der Waals surface area contributed by atoms with Crippen LogP contribution in [0.4, 0.5) is 0 Å². The molecule has 1 saturated heterocycles. The number of carbonyl (C=O) groups is 1. The number of aromatic nitrogens is 2. The van der Waals surface area contributed by atoms with Gasteiger partial charge in [0, 0.05) is 6.61 Å². The van der Waals surface area contributed by atoms with Gasteiger partial charge in [-0.25, -0.2) is 9.78 Å². The highest BCUT2D eigenvalue weighted by Gasteiger charge is 2.21. The summed E-state index contributed by atoms with van der Waals surface area (Å²) in [7, 11) is 0. The molecule has 2 heterocycles. The Hall–Kier alpha value is -1.92. The van der Waals surface area contributed by atoms with Gasteiger partial charge < -0.3 is 20.1 Å². The zero-order chi connectivity index (χ0) is 13.4. The van der Waals surface area contributed by atoms with Crippen LogP contribution in [-0.4, -0.2) is 33.3 Å². The molecule has 2 aromatic rings. The van der Waals surface area contributed by atoms with E-state index in [1.807, 2.05) is 4.57 Å². The number of nitrogens with zero attached hydrogens (tertiary/aromatic N) is 2. The van der Waals surface area contributed by atoms with Crippen LogP contribution in [0.1, 0.15) is 22.6 Å². The monoisotopic (exact) mass is 261 g/mol. The molecule has 0 amide bonds. The third-order valence-electron chi connectivity index (χ3n) is 3.44. The third-order valence-corrected chi connectivity index (χ3v) is 3.44. The number of carboxylic acid groups (broad SMARTS) is 1. The number of hydrogen-bond acceptors (Lipinski definition) is 4. The Bertz CT molecular complexity index is 631. The molecule has 0 aliphatic carbocycles. The average molecular weight is 261 g/mol. The molecule has 1 aromatic heterocycles. The van der Waals surface area contributed by atoms with Gasteiger partial charge in [0.25, 0.3) is 0 Å². The molecule has 1 atom stereocenters. The second-order valence-corrected chi connectivity index (χ2v) is 4.63. The van der Waals surface area contributed by atoms with Crippen molar-refractivity contribution in [1.82, 2.24) is 9.55 Å². The molecule has 0 saturated carbocycles. The number of benzene rings is 1. The number of fused-ring (bicyclic) bond motifs is 1. The first-order valence-corrected chi connectivity index (χ1v) is 6.23. The fourth-order valence-corrected chi connectivity index (χ4v) is 2.30. The van der Waals surface area contributed by atoms with Crippen molar-refractivity contribution in [3.8, 4) is 0 Å². The van der Waals surface area contributed by atoms with Gasteiger partial charge in [-0.15, -0.1) is 0 Å². The largest absolute Gasteiger partial charge is 0.478 e. The summed E-state index contributed by atoms with van der Waals surface area (Å²) in [6.45, 7) is 1.78. The van der Waals surface area contributed by atoms with Crippen LogP contribution in [0.25, 0.3) is 11.0 Å². The summed E-state index contributed by atoms with van der Waals surface area (Å²) in [6.07, 6.45) is 1.19. The van der Waals surface area contributed by atoms with E-state index in [-0.39, 0.29) is 11.7 Å². The molecular weight excluding hydrogens is 246 g/mol. The third kappa shape index (κ3) is 2.09. The van der Waals surface area contributed by atoms with Gasteiger partial charge in [0.1, 0.15) is 5.82 Å². The number of hydrogen-bond donors (Lipinski definition) is 2. The van der Waals surface area contributed by atoms with E-state index >= 15 is 0 Å². The highest BCUT2D eigenvalue weighted by Crippen LogP contribution is 2.22. The van der Waals surface area contributed by atoms with E-state index in [9.17, 15) is 4.79 Å². The van der Waals surface area contributed by atoms with E-state index in [1.54, 1.807) is 18.2 Å². The maximum atomic E-state index is 11.0. The van der Waals surface area contributed by atoms with Crippen LogP contribution in [-0.2, 0) is 17.8 Å². The van der Waals surface area contributed by atoms with Gasteiger partial charge >= 0.3 is 5.97 Å². The predicted octanol–water partition coefficient (Wildman–Crippen LogP) is 0.982. The molecular formula is C13H15N3O3. The first kappa shape index (κ1) is 12.1. The van der Waals surface area contributed by atoms with E-state index in [4.69, 9.17) is 15.6 Å². The number of nitrogens with two attached hydrogens (primary N) is 1. The minimum atomic E-state index is -0.941. The second kappa shape index (κ2) is 4.64. The molecule has 6 nitrogen and oxygen atoms in total. The van der Waals surface area contributed by atoms with Crippen LogP contribution < -0.4 is 5.73 Å². The van der Waals surface area contributed by atoms with Crippen LogP contribution in [0, 0.1) is 0 Å². The molecule has 100 valence electrons. The SMILES string of the molecule is NCc1nc2ccc(C(=O)O)cc2n1C[C@@H]1CCO1. The lowest BCUT2D eigenvalue weighted by atomic mass is 10.1. The van der Waals surface area contributed by atoms with Gasteiger partial charge in [0.15, 0.2) is 0 Å². The van der Waals surface area contributed by atoms with Crippen molar-refractivity contribution in [1.29, 1.82) is 0 Å². The summed E-state index contributed by atoms with van der Waals surface area (Å²) in [5.41, 5.74) is 7.53. The van der Waals surface area contributed by atoms with E-state index in [1.165, 1.54) is 0 Å². The lowest BCUT2D eigenvalue weighted by molar-refractivity contribution is -0.0590. The van der Waals surface area contributed by atoms with Crippen molar-refractivity contribution in [2.75, 3.05) is 6.61 Å². The standard InChI is InChI=1S/C13H15N3O3/c14-6-12-15-10-2-1-8(13(17)18)5-11(10)16(12)7-9-3-4-19-9/h1-2,5,9H,3-4,6-7,14H2,(H,17,18)/t9-/m0/s1. The van der Waals surface area contributed by atoms with E-state index < -0.39 is 5.97 Å². The van der Waals surface area contributed by atoms with Gasteiger partial charge in [0.2, 0.25) is 0 Å². The Balaban J connectivity index is 2.08. The van der Waals surface area contributed by atoms with Crippen molar-refractivity contribution < 1.29 is 14.6 Å². The van der Waals surface area contributed by atoms with Gasteiger partial charge in [0.05, 0.1) is 35.8 Å². The second-order valence-electron chi connectivity index (χ2n) is 4.63. The Kier molecular flexibility index (Phi) is 2.96. The Morgan fingerprint density at radius 1 is 1.58 bits per heavy atom. The molecule has 0 spiro atoms. The van der Waals surface area contributed by atoms with Gasteiger partial charge in [-0.1, -0.05) is 0 Å². The zero-order valence-electron chi connectivity index (χ0n) is 10.4. The van der Waals surface area contributed by atoms with Crippen LogP contribution in [0.15, 0.2) is 18.2 Å².